The first kappa shape index (κ1) is 13.4. The van der Waals surface area contributed by atoms with Crippen molar-refractivity contribution in [3.05, 3.63) is 71.8 Å². The lowest BCUT2D eigenvalue weighted by atomic mass is 10.1. The quantitative estimate of drug-likeness (QED) is 0.773. The van der Waals surface area contributed by atoms with Gasteiger partial charge >= 0.3 is 0 Å². The van der Waals surface area contributed by atoms with Gasteiger partial charge in [-0.3, -0.25) is 0 Å². The van der Waals surface area contributed by atoms with Crippen LogP contribution < -0.4 is 4.74 Å². The Labute approximate surface area is 120 Å². The van der Waals surface area contributed by atoms with Crippen LogP contribution >= 0.6 is 0 Å². The first-order valence-electron chi connectivity index (χ1n) is 6.42. The molecule has 0 aliphatic heterocycles. The highest BCUT2D eigenvalue weighted by molar-refractivity contribution is 5.90. The van der Waals surface area contributed by atoms with E-state index < -0.39 is 11.6 Å². The molecule has 3 aromatic carbocycles. The van der Waals surface area contributed by atoms with E-state index in [4.69, 9.17) is 4.74 Å². The Morgan fingerprint density at radius 1 is 0.952 bits per heavy atom. The van der Waals surface area contributed by atoms with E-state index in [0.29, 0.717) is 5.39 Å². The van der Waals surface area contributed by atoms with Gasteiger partial charge < -0.3 is 9.84 Å². The highest BCUT2D eigenvalue weighted by atomic mass is 19.2. The molecule has 2 nitrogen and oxygen atoms in total. The van der Waals surface area contributed by atoms with Gasteiger partial charge in [-0.15, -0.1) is 0 Å². The third kappa shape index (κ3) is 2.65. The molecule has 3 aromatic rings. The second-order valence-electron chi connectivity index (χ2n) is 4.68. The maximum atomic E-state index is 14.0. The van der Waals surface area contributed by atoms with E-state index in [-0.39, 0.29) is 23.5 Å². The molecule has 0 aliphatic carbocycles. The molecule has 0 saturated heterocycles. The van der Waals surface area contributed by atoms with Gasteiger partial charge in [-0.1, -0.05) is 36.4 Å². The number of rotatable bonds is 3. The summed E-state index contributed by atoms with van der Waals surface area (Å²) >= 11 is 0. The van der Waals surface area contributed by atoms with Gasteiger partial charge in [-0.25, -0.2) is 8.78 Å². The molecule has 0 bridgehead atoms. The molecule has 0 atom stereocenters. The molecule has 4 heteroatoms. The lowest BCUT2D eigenvalue weighted by Crippen LogP contribution is -1.97. The molecule has 0 saturated carbocycles. The first-order chi connectivity index (χ1) is 10.1. The smallest absolute Gasteiger partial charge is 0.170 e. The molecule has 3 rings (SSSR count). The summed E-state index contributed by atoms with van der Waals surface area (Å²) in [5.41, 5.74) is 0.894. The standard InChI is InChI=1S/C17H12F2O2/c18-14-7-6-12-8-13(20)9-15(16(12)17(14)19)21-10-11-4-2-1-3-5-11/h1-9,20H,10H2. The molecule has 0 radical (unpaired) electrons. The predicted octanol–water partition coefficient (Wildman–Crippen LogP) is 4.40. The molecule has 0 heterocycles. The zero-order chi connectivity index (χ0) is 14.8. The Hall–Kier alpha value is -2.62. The predicted molar refractivity (Wildman–Crippen MR) is 76.3 cm³/mol. The SMILES string of the molecule is Oc1cc(OCc2ccccc2)c2c(F)c(F)ccc2c1. The largest absolute Gasteiger partial charge is 0.508 e. The van der Waals surface area contributed by atoms with E-state index in [0.717, 1.165) is 11.6 Å². The van der Waals surface area contributed by atoms with Crippen LogP contribution in [-0.4, -0.2) is 5.11 Å². The van der Waals surface area contributed by atoms with Crippen molar-refractivity contribution in [1.29, 1.82) is 0 Å². The van der Waals surface area contributed by atoms with Gasteiger partial charge in [0.05, 0.1) is 5.39 Å². The van der Waals surface area contributed by atoms with Crippen LogP contribution in [0.4, 0.5) is 8.78 Å². The number of aromatic hydroxyl groups is 1. The van der Waals surface area contributed by atoms with E-state index in [9.17, 15) is 13.9 Å². The average molecular weight is 286 g/mol. The molecule has 1 N–H and O–H groups in total. The number of hydrogen-bond acceptors (Lipinski definition) is 2. The maximum Gasteiger partial charge on any atom is 0.170 e. The minimum absolute atomic E-state index is 0.0312. The molecule has 0 aromatic heterocycles. The summed E-state index contributed by atoms with van der Waals surface area (Å²) < 4.78 is 32.9. The summed E-state index contributed by atoms with van der Waals surface area (Å²) in [6.45, 7) is 0.204. The van der Waals surface area contributed by atoms with Crippen LogP contribution in [0.3, 0.4) is 0 Å². The third-order valence-corrected chi connectivity index (χ3v) is 3.19. The second kappa shape index (κ2) is 5.40. The van der Waals surface area contributed by atoms with Gasteiger partial charge in [0.1, 0.15) is 18.1 Å². The molecule has 0 fully saturated rings. The minimum Gasteiger partial charge on any atom is -0.508 e. The summed E-state index contributed by atoms with van der Waals surface area (Å²) in [4.78, 5) is 0. The van der Waals surface area contributed by atoms with Crippen molar-refractivity contribution in [2.24, 2.45) is 0 Å². The van der Waals surface area contributed by atoms with Gasteiger partial charge in [0.2, 0.25) is 0 Å². The topological polar surface area (TPSA) is 29.5 Å². The van der Waals surface area contributed by atoms with E-state index >= 15 is 0 Å². The van der Waals surface area contributed by atoms with Gasteiger partial charge in [-0.05, 0) is 23.1 Å². The molecule has 0 unspecified atom stereocenters. The normalized spacial score (nSPS) is 10.8. The van der Waals surface area contributed by atoms with Crippen molar-refractivity contribution in [3.8, 4) is 11.5 Å². The Balaban J connectivity index is 2.03. The molecule has 106 valence electrons. The van der Waals surface area contributed by atoms with Crippen molar-refractivity contribution in [1.82, 2.24) is 0 Å². The fraction of sp³-hybridized carbons (Fsp3) is 0.0588. The van der Waals surface area contributed by atoms with Crippen molar-refractivity contribution in [3.63, 3.8) is 0 Å². The Kier molecular flexibility index (Phi) is 3.44. The molecule has 0 amide bonds. The van der Waals surface area contributed by atoms with E-state index in [1.54, 1.807) is 0 Å². The molecular weight excluding hydrogens is 274 g/mol. The average Bonchev–Trinajstić information content (AvgIpc) is 2.49. The van der Waals surface area contributed by atoms with Crippen molar-refractivity contribution in [2.75, 3.05) is 0 Å². The number of benzene rings is 3. The lowest BCUT2D eigenvalue weighted by molar-refractivity contribution is 0.307. The Morgan fingerprint density at radius 2 is 1.71 bits per heavy atom. The van der Waals surface area contributed by atoms with Crippen LogP contribution in [0.15, 0.2) is 54.6 Å². The van der Waals surface area contributed by atoms with Crippen LogP contribution in [0.2, 0.25) is 0 Å². The molecule has 0 aliphatic rings. The van der Waals surface area contributed by atoms with Gasteiger partial charge in [0, 0.05) is 6.07 Å². The summed E-state index contributed by atoms with van der Waals surface area (Å²) in [7, 11) is 0. The van der Waals surface area contributed by atoms with Crippen LogP contribution in [0, 0.1) is 11.6 Å². The molecule has 21 heavy (non-hydrogen) atoms. The number of hydrogen-bond donors (Lipinski definition) is 1. The highest BCUT2D eigenvalue weighted by Crippen LogP contribution is 2.34. The highest BCUT2D eigenvalue weighted by Gasteiger charge is 2.14. The lowest BCUT2D eigenvalue weighted by Gasteiger charge is -2.11. The van der Waals surface area contributed by atoms with Crippen molar-refractivity contribution >= 4 is 10.8 Å². The molecular formula is C17H12F2O2. The number of phenols is 1. The van der Waals surface area contributed by atoms with Gasteiger partial charge in [-0.2, -0.15) is 0 Å². The first-order valence-corrected chi connectivity index (χ1v) is 6.42. The van der Waals surface area contributed by atoms with Crippen molar-refractivity contribution < 1.29 is 18.6 Å². The summed E-state index contributed by atoms with van der Waals surface area (Å²) in [5, 5.41) is 10.1. The number of phenolic OH excluding ortho intramolecular Hbond substituents is 1. The number of ether oxygens (including phenoxy) is 1. The number of fused-ring (bicyclic) bond motifs is 1. The third-order valence-electron chi connectivity index (χ3n) is 3.19. The van der Waals surface area contributed by atoms with Crippen LogP contribution in [0.25, 0.3) is 10.8 Å². The number of halogens is 2. The van der Waals surface area contributed by atoms with Crippen LogP contribution in [0.5, 0.6) is 11.5 Å². The van der Waals surface area contributed by atoms with Gasteiger partial charge in [0.15, 0.2) is 11.6 Å². The maximum absolute atomic E-state index is 14.0. The monoisotopic (exact) mass is 286 g/mol. The van der Waals surface area contributed by atoms with E-state index in [1.807, 2.05) is 30.3 Å². The van der Waals surface area contributed by atoms with E-state index in [1.165, 1.54) is 18.2 Å². The zero-order valence-corrected chi connectivity index (χ0v) is 11.0. The Morgan fingerprint density at radius 3 is 2.48 bits per heavy atom. The summed E-state index contributed by atoms with van der Waals surface area (Å²) in [6, 6.07) is 14.4. The Bertz CT molecular complexity index is 786. The minimum atomic E-state index is -0.976. The summed E-state index contributed by atoms with van der Waals surface area (Å²) in [5.74, 6) is -1.87. The molecule has 0 spiro atoms. The van der Waals surface area contributed by atoms with E-state index in [2.05, 4.69) is 0 Å². The fourth-order valence-electron chi connectivity index (χ4n) is 2.19. The van der Waals surface area contributed by atoms with Crippen LogP contribution in [-0.2, 0) is 6.61 Å². The second-order valence-corrected chi connectivity index (χ2v) is 4.68. The summed E-state index contributed by atoms with van der Waals surface area (Å²) in [6.07, 6.45) is 0. The van der Waals surface area contributed by atoms with Crippen LogP contribution in [0.1, 0.15) is 5.56 Å². The fourth-order valence-corrected chi connectivity index (χ4v) is 2.19. The zero-order valence-electron chi connectivity index (χ0n) is 11.0. The van der Waals surface area contributed by atoms with Gasteiger partial charge in [0.25, 0.3) is 0 Å². The van der Waals surface area contributed by atoms with Crippen molar-refractivity contribution in [2.45, 2.75) is 6.61 Å².